The van der Waals surface area contributed by atoms with Crippen LogP contribution in [0.3, 0.4) is 0 Å². The van der Waals surface area contributed by atoms with Gasteiger partial charge < -0.3 is 4.90 Å². The zero-order valence-corrected chi connectivity index (χ0v) is 9.27. The fraction of sp³-hybridized carbons (Fsp3) is 0.0667. The first-order valence-electron chi connectivity index (χ1n) is 5.40. The molecule has 1 heteroatoms. The van der Waals surface area contributed by atoms with Crippen molar-refractivity contribution in [1.82, 2.24) is 0 Å². The molecule has 0 aromatic heterocycles. The van der Waals surface area contributed by atoms with Crippen molar-refractivity contribution in [3.05, 3.63) is 60.3 Å². The van der Waals surface area contributed by atoms with Gasteiger partial charge in [0.1, 0.15) is 0 Å². The van der Waals surface area contributed by atoms with Gasteiger partial charge in [0.2, 0.25) is 0 Å². The van der Waals surface area contributed by atoms with Crippen LogP contribution in [0, 0.1) is 0 Å². The molecule has 1 aliphatic heterocycles. The summed E-state index contributed by atoms with van der Waals surface area (Å²) in [7, 11) is 2.07. The maximum Gasteiger partial charge on any atom is 0.0561 e. The third-order valence-corrected chi connectivity index (χ3v) is 3.15. The highest BCUT2D eigenvalue weighted by molar-refractivity contribution is 6.00. The molecule has 0 unspecified atom stereocenters. The minimum absolute atomic E-state index is 1.03. The molecule has 0 atom stereocenters. The molecule has 78 valence electrons. The Kier molecular flexibility index (Phi) is 1.87. The largest absolute Gasteiger partial charge is 0.344 e. The average Bonchev–Trinajstić information content (AvgIpc) is 2.33. The van der Waals surface area contributed by atoms with Gasteiger partial charge >= 0.3 is 0 Å². The van der Waals surface area contributed by atoms with Crippen molar-refractivity contribution >= 4 is 22.5 Å². The van der Waals surface area contributed by atoms with Gasteiger partial charge in [0.15, 0.2) is 0 Å². The minimum Gasteiger partial charge on any atom is -0.344 e. The van der Waals surface area contributed by atoms with Gasteiger partial charge in [-0.15, -0.1) is 0 Å². The smallest absolute Gasteiger partial charge is 0.0561 e. The second kappa shape index (κ2) is 3.24. The summed E-state index contributed by atoms with van der Waals surface area (Å²) in [6.07, 6.45) is 4.18. The van der Waals surface area contributed by atoms with Crippen LogP contribution in [-0.2, 0) is 0 Å². The van der Waals surface area contributed by atoms with Gasteiger partial charge in [-0.3, -0.25) is 0 Å². The van der Waals surface area contributed by atoms with E-state index in [0.29, 0.717) is 0 Å². The Morgan fingerprint density at radius 3 is 2.69 bits per heavy atom. The van der Waals surface area contributed by atoms with Gasteiger partial charge in [-0.25, -0.2) is 0 Å². The Hall–Kier alpha value is -2.02. The van der Waals surface area contributed by atoms with Crippen LogP contribution in [0.1, 0.15) is 5.56 Å². The molecule has 1 aliphatic rings. The van der Waals surface area contributed by atoms with Crippen LogP contribution in [0.2, 0.25) is 0 Å². The molecule has 0 fully saturated rings. The average molecular weight is 207 g/mol. The normalized spacial score (nSPS) is 14.3. The fourth-order valence-electron chi connectivity index (χ4n) is 2.22. The van der Waals surface area contributed by atoms with Crippen LogP contribution >= 0.6 is 0 Å². The second-order valence-electron chi connectivity index (χ2n) is 4.11. The molecule has 0 saturated carbocycles. The number of benzene rings is 2. The molecule has 0 N–H and O–H groups in total. The van der Waals surface area contributed by atoms with Crippen LogP contribution in [0.4, 0.5) is 5.69 Å². The molecular weight excluding hydrogens is 194 g/mol. The number of fused-ring (bicyclic) bond motifs is 3. The molecule has 2 aromatic carbocycles. The van der Waals surface area contributed by atoms with E-state index in [1.54, 1.807) is 0 Å². The lowest BCUT2D eigenvalue weighted by atomic mass is 10.00. The number of anilines is 1. The van der Waals surface area contributed by atoms with E-state index in [1.807, 2.05) is 0 Å². The highest BCUT2D eigenvalue weighted by atomic mass is 15.1. The summed E-state index contributed by atoms with van der Waals surface area (Å²) in [5.41, 5.74) is 3.54. The first-order chi connectivity index (χ1) is 7.77. The van der Waals surface area contributed by atoms with Crippen molar-refractivity contribution in [3.63, 3.8) is 0 Å². The third kappa shape index (κ3) is 1.18. The number of allylic oxidation sites excluding steroid dienone is 1. The number of likely N-dealkylation sites (N-methyl/N-ethyl adjacent to an activating group) is 1. The molecule has 16 heavy (non-hydrogen) atoms. The van der Waals surface area contributed by atoms with E-state index in [0.717, 1.165) is 5.70 Å². The highest BCUT2D eigenvalue weighted by Gasteiger charge is 2.14. The standard InChI is InChI=1S/C15H13N/c1-11-7-8-13-10-9-12-5-3-4-6-14(12)15(13)16(11)2/h3-10H,1H2,2H3. The molecule has 0 spiro atoms. The van der Waals surface area contributed by atoms with Crippen LogP contribution < -0.4 is 4.90 Å². The molecule has 1 nitrogen and oxygen atoms in total. The summed E-state index contributed by atoms with van der Waals surface area (Å²) in [5.74, 6) is 0. The van der Waals surface area contributed by atoms with Gasteiger partial charge in [-0.1, -0.05) is 49.1 Å². The molecule has 1 heterocycles. The molecule has 2 aromatic rings. The van der Waals surface area contributed by atoms with E-state index in [4.69, 9.17) is 0 Å². The van der Waals surface area contributed by atoms with Crippen molar-refractivity contribution in [1.29, 1.82) is 0 Å². The second-order valence-corrected chi connectivity index (χ2v) is 4.11. The zero-order chi connectivity index (χ0) is 11.1. The molecule has 3 rings (SSSR count). The van der Waals surface area contributed by atoms with Crippen molar-refractivity contribution in [2.24, 2.45) is 0 Å². The van der Waals surface area contributed by atoms with E-state index in [9.17, 15) is 0 Å². The summed E-state index contributed by atoms with van der Waals surface area (Å²) < 4.78 is 0. The molecule has 0 radical (unpaired) electrons. The first kappa shape index (κ1) is 9.22. The molecule has 0 amide bonds. The van der Waals surface area contributed by atoms with Crippen LogP contribution in [0.5, 0.6) is 0 Å². The topological polar surface area (TPSA) is 3.24 Å². The van der Waals surface area contributed by atoms with E-state index >= 15 is 0 Å². The minimum atomic E-state index is 1.03. The van der Waals surface area contributed by atoms with Crippen molar-refractivity contribution in [3.8, 4) is 0 Å². The first-order valence-corrected chi connectivity index (χ1v) is 5.40. The van der Waals surface area contributed by atoms with Crippen molar-refractivity contribution < 1.29 is 0 Å². The number of hydrogen-bond donors (Lipinski definition) is 0. The van der Waals surface area contributed by atoms with Crippen LogP contribution in [0.15, 0.2) is 54.8 Å². The monoisotopic (exact) mass is 207 g/mol. The lowest BCUT2D eigenvalue weighted by molar-refractivity contribution is 1.14. The van der Waals surface area contributed by atoms with Gasteiger partial charge in [0, 0.05) is 18.1 Å². The molecule has 0 saturated heterocycles. The van der Waals surface area contributed by atoms with E-state index in [-0.39, 0.29) is 0 Å². The predicted octanol–water partition coefficient (Wildman–Crippen LogP) is 3.82. The number of rotatable bonds is 0. The maximum atomic E-state index is 4.04. The lowest BCUT2D eigenvalue weighted by Crippen LogP contribution is -2.17. The Morgan fingerprint density at radius 2 is 1.81 bits per heavy atom. The highest BCUT2D eigenvalue weighted by Crippen LogP contribution is 2.35. The summed E-state index contributed by atoms with van der Waals surface area (Å²) in [5, 5.41) is 2.56. The van der Waals surface area contributed by atoms with Crippen molar-refractivity contribution in [2.45, 2.75) is 0 Å². The molecular formula is C15H13N. The Balaban J connectivity index is 2.42. The van der Waals surface area contributed by atoms with Crippen LogP contribution in [0.25, 0.3) is 16.8 Å². The van der Waals surface area contributed by atoms with Gasteiger partial charge in [-0.05, 0) is 17.0 Å². The van der Waals surface area contributed by atoms with E-state index < -0.39 is 0 Å². The Morgan fingerprint density at radius 1 is 1.00 bits per heavy atom. The van der Waals surface area contributed by atoms with E-state index in [2.05, 4.69) is 67.1 Å². The van der Waals surface area contributed by atoms with Crippen molar-refractivity contribution in [2.75, 3.05) is 11.9 Å². The molecule has 0 bridgehead atoms. The summed E-state index contributed by atoms with van der Waals surface area (Å²) in [6.45, 7) is 4.04. The number of hydrogen-bond acceptors (Lipinski definition) is 1. The number of nitrogens with zero attached hydrogens (tertiary/aromatic N) is 1. The van der Waals surface area contributed by atoms with Gasteiger partial charge in [0.05, 0.1) is 5.69 Å². The third-order valence-electron chi connectivity index (χ3n) is 3.15. The van der Waals surface area contributed by atoms with Crippen LogP contribution in [-0.4, -0.2) is 7.05 Å². The lowest BCUT2D eigenvalue weighted by Gasteiger charge is -2.27. The quantitative estimate of drug-likeness (QED) is 0.634. The van der Waals surface area contributed by atoms with Gasteiger partial charge in [0.25, 0.3) is 0 Å². The summed E-state index contributed by atoms with van der Waals surface area (Å²) in [4.78, 5) is 2.15. The Bertz CT molecular complexity index is 608. The predicted molar refractivity (Wildman–Crippen MR) is 70.5 cm³/mol. The van der Waals surface area contributed by atoms with Gasteiger partial charge in [-0.2, -0.15) is 0 Å². The van der Waals surface area contributed by atoms with E-state index in [1.165, 1.54) is 22.0 Å². The Labute approximate surface area is 95.3 Å². The zero-order valence-electron chi connectivity index (χ0n) is 9.27. The SMILES string of the molecule is C=C1C=Cc2ccc3ccccc3c2N1C. The fourth-order valence-corrected chi connectivity index (χ4v) is 2.22. The maximum absolute atomic E-state index is 4.04. The summed E-state index contributed by atoms with van der Waals surface area (Å²) in [6, 6.07) is 12.8. The molecule has 0 aliphatic carbocycles. The summed E-state index contributed by atoms with van der Waals surface area (Å²) >= 11 is 0.